The molecule has 5 heteroatoms. The number of rotatable bonds is 6. The Kier molecular flexibility index (Phi) is 4.66. The third-order valence-electron chi connectivity index (χ3n) is 3.27. The van der Waals surface area contributed by atoms with Gasteiger partial charge in [0, 0.05) is 24.2 Å². The third-order valence-corrected chi connectivity index (χ3v) is 3.63. The van der Waals surface area contributed by atoms with Gasteiger partial charge in [-0.25, -0.2) is 0 Å². The van der Waals surface area contributed by atoms with E-state index in [0.717, 1.165) is 25.1 Å². The van der Waals surface area contributed by atoms with Crippen molar-refractivity contribution in [2.75, 3.05) is 20.8 Å². The SMILES string of the molecule is COc1ccnc(CNCC2CC(Cl)C2)c1OC. The molecule has 1 fully saturated rings. The second-order valence-electron chi connectivity index (χ2n) is 4.56. The first-order chi connectivity index (χ1) is 8.74. The van der Waals surface area contributed by atoms with E-state index in [1.807, 2.05) is 0 Å². The van der Waals surface area contributed by atoms with Gasteiger partial charge in [-0.05, 0) is 25.3 Å². The Balaban J connectivity index is 1.88. The van der Waals surface area contributed by atoms with Crippen LogP contribution in [-0.4, -0.2) is 31.1 Å². The number of hydrogen-bond acceptors (Lipinski definition) is 4. The molecule has 1 heterocycles. The van der Waals surface area contributed by atoms with Crippen LogP contribution < -0.4 is 14.8 Å². The maximum absolute atomic E-state index is 5.95. The van der Waals surface area contributed by atoms with Gasteiger partial charge in [0.25, 0.3) is 0 Å². The van der Waals surface area contributed by atoms with Gasteiger partial charge in [-0.1, -0.05) is 0 Å². The molecule has 1 N–H and O–H groups in total. The Hall–Kier alpha value is -1.00. The number of alkyl halides is 1. The first kappa shape index (κ1) is 13.4. The second kappa shape index (κ2) is 6.25. The molecule has 1 aliphatic rings. The molecule has 18 heavy (non-hydrogen) atoms. The minimum Gasteiger partial charge on any atom is -0.493 e. The highest BCUT2D eigenvalue weighted by Crippen LogP contribution is 2.32. The number of hydrogen-bond donors (Lipinski definition) is 1. The lowest BCUT2D eigenvalue weighted by Gasteiger charge is -2.31. The molecule has 0 saturated heterocycles. The summed E-state index contributed by atoms with van der Waals surface area (Å²) in [6.45, 7) is 1.66. The summed E-state index contributed by atoms with van der Waals surface area (Å²) in [5, 5.41) is 3.77. The number of ether oxygens (including phenoxy) is 2. The van der Waals surface area contributed by atoms with Gasteiger partial charge in [-0.15, -0.1) is 11.6 Å². The number of nitrogens with zero attached hydrogens (tertiary/aromatic N) is 1. The van der Waals surface area contributed by atoms with Crippen LogP contribution in [-0.2, 0) is 6.54 Å². The molecule has 0 aromatic carbocycles. The van der Waals surface area contributed by atoms with Gasteiger partial charge in [-0.2, -0.15) is 0 Å². The Morgan fingerprint density at radius 1 is 1.39 bits per heavy atom. The fourth-order valence-corrected chi connectivity index (χ4v) is 2.70. The Morgan fingerprint density at radius 3 is 2.78 bits per heavy atom. The van der Waals surface area contributed by atoms with Crippen LogP contribution in [0, 0.1) is 5.92 Å². The van der Waals surface area contributed by atoms with Crippen molar-refractivity contribution in [2.24, 2.45) is 5.92 Å². The third kappa shape index (κ3) is 3.06. The van der Waals surface area contributed by atoms with E-state index in [1.54, 1.807) is 26.5 Å². The lowest BCUT2D eigenvalue weighted by molar-refractivity contribution is 0.305. The molecule has 0 atom stereocenters. The molecule has 1 aromatic rings. The zero-order chi connectivity index (χ0) is 13.0. The van der Waals surface area contributed by atoms with Crippen molar-refractivity contribution in [3.63, 3.8) is 0 Å². The molecule has 0 unspecified atom stereocenters. The van der Waals surface area contributed by atoms with Crippen LogP contribution in [0.3, 0.4) is 0 Å². The van der Waals surface area contributed by atoms with Gasteiger partial charge < -0.3 is 14.8 Å². The highest BCUT2D eigenvalue weighted by Gasteiger charge is 2.26. The summed E-state index contributed by atoms with van der Waals surface area (Å²) in [5.74, 6) is 2.12. The van der Waals surface area contributed by atoms with Crippen molar-refractivity contribution in [2.45, 2.75) is 24.8 Å². The number of aromatic nitrogens is 1. The molecule has 0 amide bonds. The van der Waals surface area contributed by atoms with Gasteiger partial charge in [0.1, 0.15) is 0 Å². The van der Waals surface area contributed by atoms with Gasteiger partial charge in [0.05, 0.1) is 19.9 Å². The number of nitrogens with one attached hydrogen (secondary N) is 1. The lowest BCUT2D eigenvalue weighted by Crippen LogP contribution is -2.33. The zero-order valence-corrected chi connectivity index (χ0v) is 11.5. The van der Waals surface area contributed by atoms with Crippen LogP contribution in [0.1, 0.15) is 18.5 Å². The van der Waals surface area contributed by atoms with Crippen molar-refractivity contribution < 1.29 is 9.47 Å². The maximum atomic E-state index is 5.95. The Labute approximate surface area is 113 Å². The standard InChI is InChI=1S/C13H19ClN2O2/c1-17-12-3-4-16-11(13(12)18-2)8-15-7-9-5-10(14)6-9/h3-4,9-10,15H,5-8H2,1-2H3. The highest BCUT2D eigenvalue weighted by atomic mass is 35.5. The molecule has 1 aliphatic carbocycles. The summed E-state index contributed by atoms with van der Waals surface area (Å²) in [5.41, 5.74) is 0.874. The largest absolute Gasteiger partial charge is 0.493 e. The van der Waals surface area contributed by atoms with E-state index in [0.29, 0.717) is 29.3 Å². The first-order valence-corrected chi connectivity index (χ1v) is 6.59. The van der Waals surface area contributed by atoms with E-state index in [9.17, 15) is 0 Å². The van der Waals surface area contributed by atoms with E-state index in [4.69, 9.17) is 21.1 Å². The minimum atomic E-state index is 0.376. The predicted octanol–water partition coefficient (Wildman–Crippen LogP) is 2.21. The van der Waals surface area contributed by atoms with E-state index < -0.39 is 0 Å². The quantitative estimate of drug-likeness (QED) is 0.805. The first-order valence-electron chi connectivity index (χ1n) is 6.15. The Bertz CT molecular complexity index is 395. The average molecular weight is 271 g/mol. The summed E-state index contributed by atoms with van der Waals surface area (Å²) < 4.78 is 10.6. The van der Waals surface area contributed by atoms with Crippen LogP contribution in [0.25, 0.3) is 0 Å². The highest BCUT2D eigenvalue weighted by molar-refractivity contribution is 6.21. The summed E-state index contributed by atoms with van der Waals surface area (Å²) in [6, 6.07) is 1.80. The number of halogens is 1. The maximum Gasteiger partial charge on any atom is 0.183 e. The molecule has 2 rings (SSSR count). The molecule has 0 radical (unpaired) electrons. The van der Waals surface area contributed by atoms with Crippen molar-refractivity contribution in [3.05, 3.63) is 18.0 Å². The fourth-order valence-electron chi connectivity index (χ4n) is 2.19. The van der Waals surface area contributed by atoms with Crippen LogP contribution in [0.5, 0.6) is 11.5 Å². The number of methoxy groups -OCH3 is 2. The van der Waals surface area contributed by atoms with Gasteiger partial charge >= 0.3 is 0 Å². The molecule has 1 aromatic heterocycles. The molecular formula is C13H19ClN2O2. The number of pyridine rings is 1. The van der Waals surface area contributed by atoms with Crippen molar-refractivity contribution in [3.8, 4) is 11.5 Å². The Morgan fingerprint density at radius 2 is 2.17 bits per heavy atom. The van der Waals surface area contributed by atoms with E-state index in [1.165, 1.54) is 0 Å². The van der Waals surface area contributed by atoms with Crippen LogP contribution in [0.2, 0.25) is 0 Å². The fraction of sp³-hybridized carbons (Fsp3) is 0.615. The molecule has 100 valence electrons. The lowest BCUT2D eigenvalue weighted by atomic mass is 9.85. The summed E-state index contributed by atoms with van der Waals surface area (Å²) in [4.78, 5) is 4.32. The molecule has 0 aliphatic heterocycles. The van der Waals surface area contributed by atoms with Gasteiger partial charge in [0.2, 0.25) is 0 Å². The zero-order valence-electron chi connectivity index (χ0n) is 10.8. The predicted molar refractivity (Wildman–Crippen MR) is 71.4 cm³/mol. The van der Waals surface area contributed by atoms with Gasteiger partial charge in [0.15, 0.2) is 11.5 Å². The van der Waals surface area contributed by atoms with Crippen molar-refractivity contribution >= 4 is 11.6 Å². The smallest absolute Gasteiger partial charge is 0.183 e. The molecule has 4 nitrogen and oxygen atoms in total. The van der Waals surface area contributed by atoms with E-state index >= 15 is 0 Å². The van der Waals surface area contributed by atoms with Crippen LogP contribution in [0.4, 0.5) is 0 Å². The van der Waals surface area contributed by atoms with Gasteiger partial charge in [-0.3, -0.25) is 4.98 Å². The summed E-state index contributed by atoms with van der Waals surface area (Å²) in [6.07, 6.45) is 3.95. The topological polar surface area (TPSA) is 43.4 Å². The van der Waals surface area contributed by atoms with E-state index in [-0.39, 0.29) is 0 Å². The van der Waals surface area contributed by atoms with Crippen LogP contribution in [0.15, 0.2) is 12.3 Å². The van der Waals surface area contributed by atoms with E-state index in [2.05, 4.69) is 10.3 Å². The minimum absolute atomic E-state index is 0.376. The summed E-state index contributed by atoms with van der Waals surface area (Å²) >= 11 is 5.95. The van der Waals surface area contributed by atoms with Crippen molar-refractivity contribution in [1.29, 1.82) is 0 Å². The van der Waals surface area contributed by atoms with Crippen molar-refractivity contribution in [1.82, 2.24) is 10.3 Å². The second-order valence-corrected chi connectivity index (χ2v) is 5.18. The summed E-state index contributed by atoms with van der Waals surface area (Å²) in [7, 11) is 3.26. The molecular weight excluding hydrogens is 252 g/mol. The molecule has 0 bridgehead atoms. The average Bonchev–Trinajstić information content (AvgIpc) is 2.36. The monoisotopic (exact) mass is 270 g/mol. The molecule has 0 spiro atoms. The molecule has 1 saturated carbocycles. The normalized spacial score (nSPS) is 22.4. The van der Waals surface area contributed by atoms with Crippen LogP contribution >= 0.6 is 11.6 Å².